The van der Waals surface area contributed by atoms with Crippen LogP contribution in [0.2, 0.25) is 0 Å². The predicted octanol–water partition coefficient (Wildman–Crippen LogP) is 2.46. The van der Waals surface area contributed by atoms with Gasteiger partial charge in [-0.1, -0.05) is 0 Å². The first kappa shape index (κ1) is 12.9. The van der Waals surface area contributed by atoms with Gasteiger partial charge in [-0.15, -0.1) is 0 Å². The Labute approximate surface area is 110 Å². The van der Waals surface area contributed by atoms with Gasteiger partial charge in [-0.2, -0.15) is 0 Å². The molecule has 3 rings (SSSR count). The SMILES string of the molecule is Fc1cc(F)c([C@@H](C2CC2)N2CCNCC2)c(F)c1. The molecule has 0 amide bonds. The van der Waals surface area contributed by atoms with Crippen molar-refractivity contribution in [3.05, 3.63) is 35.1 Å². The van der Waals surface area contributed by atoms with Gasteiger partial charge in [-0.25, -0.2) is 13.2 Å². The fourth-order valence-electron chi connectivity index (χ4n) is 2.92. The van der Waals surface area contributed by atoms with Gasteiger partial charge in [-0.3, -0.25) is 4.90 Å². The molecule has 1 atom stereocenters. The molecular weight excluding hydrogens is 253 g/mol. The maximum atomic E-state index is 14.0. The third-order valence-corrected chi connectivity index (χ3v) is 3.95. The van der Waals surface area contributed by atoms with Crippen molar-refractivity contribution in [1.82, 2.24) is 10.2 Å². The van der Waals surface area contributed by atoms with E-state index >= 15 is 0 Å². The molecule has 5 heteroatoms. The third kappa shape index (κ3) is 2.62. The summed E-state index contributed by atoms with van der Waals surface area (Å²) < 4.78 is 41.0. The van der Waals surface area contributed by atoms with Crippen LogP contribution in [0.5, 0.6) is 0 Å². The summed E-state index contributed by atoms with van der Waals surface area (Å²) in [5.74, 6) is -2.07. The second kappa shape index (κ2) is 5.13. The highest BCUT2D eigenvalue weighted by Gasteiger charge is 2.39. The minimum Gasteiger partial charge on any atom is -0.314 e. The van der Waals surface area contributed by atoms with E-state index in [1.807, 2.05) is 0 Å². The second-order valence-corrected chi connectivity index (χ2v) is 5.35. The number of hydrogen-bond acceptors (Lipinski definition) is 2. The molecular formula is C14H17F3N2. The molecule has 1 N–H and O–H groups in total. The molecule has 2 aliphatic rings. The van der Waals surface area contributed by atoms with Crippen molar-refractivity contribution in [3.63, 3.8) is 0 Å². The molecule has 1 aromatic carbocycles. The van der Waals surface area contributed by atoms with E-state index in [4.69, 9.17) is 0 Å². The number of benzene rings is 1. The van der Waals surface area contributed by atoms with Crippen molar-refractivity contribution >= 4 is 0 Å². The first-order valence-electron chi connectivity index (χ1n) is 6.76. The maximum absolute atomic E-state index is 14.0. The fraction of sp³-hybridized carbons (Fsp3) is 0.571. The summed E-state index contributed by atoms with van der Waals surface area (Å²) >= 11 is 0. The van der Waals surface area contributed by atoms with Gasteiger partial charge in [0.25, 0.3) is 0 Å². The highest BCUT2D eigenvalue weighted by Crippen LogP contribution is 2.46. The molecule has 19 heavy (non-hydrogen) atoms. The molecule has 2 nitrogen and oxygen atoms in total. The second-order valence-electron chi connectivity index (χ2n) is 5.35. The molecule has 0 unspecified atom stereocenters. The number of rotatable bonds is 3. The van der Waals surface area contributed by atoms with Crippen LogP contribution in [0.4, 0.5) is 13.2 Å². The molecule has 1 aromatic rings. The lowest BCUT2D eigenvalue weighted by atomic mass is 9.98. The topological polar surface area (TPSA) is 15.3 Å². The van der Waals surface area contributed by atoms with Crippen molar-refractivity contribution in [2.45, 2.75) is 18.9 Å². The molecule has 2 fully saturated rings. The van der Waals surface area contributed by atoms with E-state index in [1.54, 1.807) is 0 Å². The summed E-state index contributed by atoms with van der Waals surface area (Å²) in [5, 5.41) is 3.23. The lowest BCUT2D eigenvalue weighted by molar-refractivity contribution is 0.149. The van der Waals surface area contributed by atoms with Crippen LogP contribution in [0.3, 0.4) is 0 Å². The van der Waals surface area contributed by atoms with E-state index in [9.17, 15) is 13.2 Å². The Morgan fingerprint density at radius 2 is 1.63 bits per heavy atom. The molecule has 1 aliphatic heterocycles. The van der Waals surface area contributed by atoms with Crippen molar-refractivity contribution in [3.8, 4) is 0 Å². The van der Waals surface area contributed by atoms with Gasteiger partial charge in [0, 0.05) is 49.9 Å². The molecule has 1 saturated carbocycles. The van der Waals surface area contributed by atoms with E-state index in [0.29, 0.717) is 5.92 Å². The van der Waals surface area contributed by atoms with Gasteiger partial charge in [0.1, 0.15) is 17.5 Å². The number of piperazine rings is 1. The van der Waals surface area contributed by atoms with E-state index < -0.39 is 17.5 Å². The molecule has 104 valence electrons. The van der Waals surface area contributed by atoms with Crippen LogP contribution in [0.1, 0.15) is 24.4 Å². The summed E-state index contributed by atoms with van der Waals surface area (Å²) in [6.07, 6.45) is 1.98. The number of nitrogens with one attached hydrogen (secondary N) is 1. The van der Waals surface area contributed by atoms with E-state index in [2.05, 4.69) is 10.2 Å². The Morgan fingerprint density at radius 1 is 1.05 bits per heavy atom. The zero-order valence-corrected chi connectivity index (χ0v) is 10.6. The van der Waals surface area contributed by atoms with Gasteiger partial charge in [0.15, 0.2) is 0 Å². The Morgan fingerprint density at radius 3 is 2.16 bits per heavy atom. The molecule has 1 aliphatic carbocycles. The Bertz CT molecular complexity index is 445. The summed E-state index contributed by atoms with van der Waals surface area (Å²) in [4.78, 5) is 2.12. The smallest absolute Gasteiger partial charge is 0.133 e. The lowest BCUT2D eigenvalue weighted by Crippen LogP contribution is -2.46. The number of halogens is 3. The zero-order chi connectivity index (χ0) is 13.4. The quantitative estimate of drug-likeness (QED) is 0.907. The van der Waals surface area contributed by atoms with Crippen LogP contribution >= 0.6 is 0 Å². The molecule has 1 heterocycles. The normalized spacial score (nSPS) is 22.5. The van der Waals surface area contributed by atoms with Crippen molar-refractivity contribution in [2.75, 3.05) is 26.2 Å². The number of hydrogen-bond donors (Lipinski definition) is 1. The van der Waals surface area contributed by atoms with E-state index in [-0.39, 0.29) is 11.6 Å². The largest absolute Gasteiger partial charge is 0.314 e. The molecule has 0 radical (unpaired) electrons. The minimum atomic E-state index is -0.853. The van der Waals surface area contributed by atoms with Gasteiger partial charge < -0.3 is 5.32 Å². The average Bonchev–Trinajstić information content (AvgIpc) is 3.18. The van der Waals surface area contributed by atoms with Crippen LogP contribution < -0.4 is 5.32 Å². The highest BCUT2D eigenvalue weighted by atomic mass is 19.1. The summed E-state index contributed by atoms with van der Waals surface area (Å²) in [6, 6.07) is 1.33. The van der Waals surface area contributed by atoms with Crippen LogP contribution in [0.15, 0.2) is 12.1 Å². The Balaban J connectivity index is 1.95. The summed E-state index contributed by atoms with van der Waals surface area (Å²) in [6.45, 7) is 3.20. The lowest BCUT2D eigenvalue weighted by Gasteiger charge is -2.35. The minimum absolute atomic E-state index is 0.0470. The molecule has 1 saturated heterocycles. The maximum Gasteiger partial charge on any atom is 0.133 e. The summed E-state index contributed by atoms with van der Waals surface area (Å²) in [5.41, 5.74) is 0.0470. The van der Waals surface area contributed by atoms with E-state index in [0.717, 1.165) is 51.2 Å². The molecule has 0 aromatic heterocycles. The van der Waals surface area contributed by atoms with Crippen LogP contribution in [-0.2, 0) is 0 Å². The first-order valence-corrected chi connectivity index (χ1v) is 6.76. The van der Waals surface area contributed by atoms with Gasteiger partial charge in [-0.05, 0) is 18.8 Å². The Hall–Kier alpha value is -1.07. The first-order chi connectivity index (χ1) is 9.16. The van der Waals surface area contributed by atoms with Gasteiger partial charge in [0.2, 0.25) is 0 Å². The fourth-order valence-corrected chi connectivity index (χ4v) is 2.92. The molecule has 0 bridgehead atoms. The van der Waals surface area contributed by atoms with Gasteiger partial charge in [0.05, 0.1) is 0 Å². The van der Waals surface area contributed by atoms with Gasteiger partial charge >= 0.3 is 0 Å². The Kier molecular flexibility index (Phi) is 3.50. The number of nitrogens with zero attached hydrogens (tertiary/aromatic N) is 1. The molecule has 0 spiro atoms. The van der Waals surface area contributed by atoms with Crippen LogP contribution in [-0.4, -0.2) is 31.1 Å². The highest BCUT2D eigenvalue weighted by molar-refractivity contribution is 5.26. The van der Waals surface area contributed by atoms with E-state index in [1.165, 1.54) is 0 Å². The standard InChI is InChI=1S/C14H17F3N2/c15-10-7-11(16)13(12(17)8-10)14(9-1-2-9)19-5-3-18-4-6-19/h7-9,14,18H,1-6H2/t14-/m1/s1. The zero-order valence-electron chi connectivity index (χ0n) is 10.6. The predicted molar refractivity (Wildman–Crippen MR) is 66.2 cm³/mol. The van der Waals surface area contributed by atoms with Crippen LogP contribution in [0, 0.1) is 23.4 Å². The average molecular weight is 270 g/mol. The van der Waals surface area contributed by atoms with Crippen molar-refractivity contribution in [2.24, 2.45) is 5.92 Å². The summed E-state index contributed by atoms with van der Waals surface area (Å²) in [7, 11) is 0. The monoisotopic (exact) mass is 270 g/mol. The third-order valence-electron chi connectivity index (χ3n) is 3.95. The van der Waals surface area contributed by atoms with Crippen molar-refractivity contribution in [1.29, 1.82) is 0 Å². The van der Waals surface area contributed by atoms with Crippen molar-refractivity contribution < 1.29 is 13.2 Å². The van der Waals surface area contributed by atoms with Crippen LogP contribution in [0.25, 0.3) is 0 Å².